The summed E-state index contributed by atoms with van der Waals surface area (Å²) in [5, 5.41) is 5.75. The second kappa shape index (κ2) is 7.84. The number of benzene rings is 2. The molecule has 2 rings (SSSR count). The number of urea groups is 1. The smallest absolute Gasteiger partial charge is 0.319 e. The Labute approximate surface area is 133 Å². The van der Waals surface area contributed by atoms with E-state index in [0.717, 1.165) is 28.6 Å². The van der Waals surface area contributed by atoms with Crippen LogP contribution in [0.2, 0.25) is 0 Å². The van der Waals surface area contributed by atoms with Crippen molar-refractivity contribution >= 4 is 27.6 Å². The third-order valence-electron chi connectivity index (χ3n) is 3.21. The average molecular weight is 347 g/mol. The minimum atomic E-state index is -0.159. The zero-order chi connectivity index (χ0) is 15.1. The lowest BCUT2D eigenvalue weighted by atomic mass is 10.1. The lowest BCUT2D eigenvalue weighted by Gasteiger charge is -2.10. The molecule has 0 bridgehead atoms. The Bertz CT molecular complexity index is 599. The Kier molecular flexibility index (Phi) is 5.81. The lowest BCUT2D eigenvalue weighted by Crippen LogP contribution is -2.30. The second-order valence-electron chi connectivity index (χ2n) is 4.93. The molecule has 0 aliphatic carbocycles. The van der Waals surface area contributed by atoms with Crippen molar-refractivity contribution in [3.63, 3.8) is 0 Å². The minimum Gasteiger partial charge on any atom is -0.338 e. The molecule has 0 atom stereocenters. The molecule has 2 aromatic carbocycles. The molecule has 0 saturated heterocycles. The van der Waals surface area contributed by atoms with Crippen molar-refractivity contribution in [2.45, 2.75) is 19.8 Å². The highest BCUT2D eigenvalue weighted by atomic mass is 79.9. The summed E-state index contributed by atoms with van der Waals surface area (Å²) in [6.45, 7) is 2.63. The molecule has 3 nitrogen and oxygen atoms in total. The molecule has 2 amide bonds. The van der Waals surface area contributed by atoms with E-state index in [0.29, 0.717) is 6.54 Å². The molecule has 0 saturated carbocycles. The van der Waals surface area contributed by atoms with Crippen LogP contribution in [0.25, 0.3) is 0 Å². The topological polar surface area (TPSA) is 41.1 Å². The maximum atomic E-state index is 11.8. The summed E-state index contributed by atoms with van der Waals surface area (Å²) in [5.74, 6) is 0. The number of aryl methyl sites for hydroxylation is 2. The molecular weight excluding hydrogens is 328 g/mol. The fraction of sp³-hybridized carbons (Fsp3) is 0.235. The molecule has 0 aliphatic heterocycles. The third kappa shape index (κ3) is 5.23. The molecule has 0 aromatic heterocycles. The van der Waals surface area contributed by atoms with Crippen molar-refractivity contribution in [2.75, 3.05) is 11.9 Å². The van der Waals surface area contributed by atoms with Crippen LogP contribution in [0.1, 0.15) is 17.5 Å². The molecule has 0 aliphatic rings. The van der Waals surface area contributed by atoms with Crippen LogP contribution in [0.5, 0.6) is 0 Å². The van der Waals surface area contributed by atoms with Gasteiger partial charge in [-0.05, 0) is 49.1 Å². The number of halogens is 1. The first-order chi connectivity index (χ1) is 10.1. The zero-order valence-corrected chi connectivity index (χ0v) is 13.6. The van der Waals surface area contributed by atoms with Gasteiger partial charge in [-0.25, -0.2) is 4.79 Å². The summed E-state index contributed by atoms with van der Waals surface area (Å²) in [6.07, 6.45) is 1.90. The van der Waals surface area contributed by atoms with Gasteiger partial charge in [0.2, 0.25) is 0 Å². The van der Waals surface area contributed by atoms with Crippen LogP contribution in [-0.2, 0) is 6.42 Å². The van der Waals surface area contributed by atoms with Gasteiger partial charge in [-0.15, -0.1) is 0 Å². The molecule has 0 radical (unpaired) electrons. The van der Waals surface area contributed by atoms with Crippen molar-refractivity contribution in [2.24, 2.45) is 0 Å². The molecule has 4 heteroatoms. The Morgan fingerprint density at radius 1 is 1.14 bits per heavy atom. The van der Waals surface area contributed by atoms with Crippen LogP contribution < -0.4 is 10.6 Å². The normalized spacial score (nSPS) is 10.2. The predicted octanol–water partition coefficient (Wildman–Crippen LogP) is 4.51. The summed E-state index contributed by atoms with van der Waals surface area (Å²) in [7, 11) is 0. The number of carbonyl (C=O) groups is 1. The van der Waals surface area contributed by atoms with Gasteiger partial charge in [0.05, 0.1) is 0 Å². The van der Waals surface area contributed by atoms with E-state index in [1.807, 2.05) is 43.3 Å². The number of anilines is 1. The number of hydrogen-bond acceptors (Lipinski definition) is 1. The van der Waals surface area contributed by atoms with Crippen LogP contribution >= 0.6 is 15.9 Å². The first-order valence-corrected chi connectivity index (χ1v) is 7.79. The van der Waals surface area contributed by atoms with Gasteiger partial charge in [-0.1, -0.05) is 46.3 Å². The quantitative estimate of drug-likeness (QED) is 0.768. The van der Waals surface area contributed by atoms with Crippen LogP contribution in [0, 0.1) is 6.92 Å². The maximum Gasteiger partial charge on any atom is 0.319 e. The molecule has 2 aromatic rings. The highest BCUT2D eigenvalue weighted by Gasteiger charge is 2.04. The summed E-state index contributed by atoms with van der Waals surface area (Å²) < 4.78 is 1.01. The van der Waals surface area contributed by atoms with Gasteiger partial charge in [0.1, 0.15) is 0 Å². The summed E-state index contributed by atoms with van der Waals surface area (Å²) in [6, 6.07) is 15.9. The van der Waals surface area contributed by atoms with Crippen molar-refractivity contribution in [3.8, 4) is 0 Å². The standard InChI is InChI=1S/C17H19BrN2O/c1-13-12-15(18)9-10-16(13)20-17(21)19-11-5-8-14-6-3-2-4-7-14/h2-4,6-7,9-10,12H,5,8,11H2,1H3,(H2,19,20,21). The van der Waals surface area contributed by atoms with E-state index in [1.165, 1.54) is 5.56 Å². The fourth-order valence-electron chi connectivity index (χ4n) is 2.07. The highest BCUT2D eigenvalue weighted by molar-refractivity contribution is 9.10. The van der Waals surface area contributed by atoms with E-state index in [2.05, 4.69) is 38.7 Å². The monoisotopic (exact) mass is 346 g/mol. The second-order valence-corrected chi connectivity index (χ2v) is 5.84. The number of hydrogen-bond donors (Lipinski definition) is 2. The molecule has 0 heterocycles. The van der Waals surface area contributed by atoms with Gasteiger partial charge in [0.25, 0.3) is 0 Å². The first kappa shape index (κ1) is 15.6. The van der Waals surface area contributed by atoms with E-state index >= 15 is 0 Å². The van der Waals surface area contributed by atoms with Crippen molar-refractivity contribution in [1.29, 1.82) is 0 Å². The molecule has 2 N–H and O–H groups in total. The molecule has 0 spiro atoms. The van der Waals surface area contributed by atoms with Gasteiger partial charge in [0, 0.05) is 16.7 Å². The van der Waals surface area contributed by atoms with Crippen molar-refractivity contribution < 1.29 is 4.79 Å². The SMILES string of the molecule is Cc1cc(Br)ccc1NC(=O)NCCCc1ccccc1. The van der Waals surface area contributed by atoms with E-state index in [9.17, 15) is 4.79 Å². The number of amides is 2. The van der Waals surface area contributed by atoms with Gasteiger partial charge in [-0.3, -0.25) is 0 Å². The Balaban J connectivity index is 1.72. The number of rotatable bonds is 5. The molecule has 21 heavy (non-hydrogen) atoms. The maximum absolute atomic E-state index is 11.8. The predicted molar refractivity (Wildman–Crippen MR) is 90.7 cm³/mol. The van der Waals surface area contributed by atoms with Crippen LogP contribution in [-0.4, -0.2) is 12.6 Å². The Hall–Kier alpha value is -1.81. The van der Waals surface area contributed by atoms with Gasteiger partial charge >= 0.3 is 6.03 Å². The van der Waals surface area contributed by atoms with Crippen LogP contribution in [0.15, 0.2) is 53.0 Å². The molecule has 0 unspecified atom stereocenters. The van der Waals surface area contributed by atoms with Crippen LogP contribution in [0.3, 0.4) is 0 Å². The van der Waals surface area contributed by atoms with E-state index in [4.69, 9.17) is 0 Å². The number of carbonyl (C=O) groups excluding carboxylic acids is 1. The first-order valence-electron chi connectivity index (χ1n) is 7.00. The van der Waals surface area contributed by atoms with Crippen molar-refractivity contribution in [3.05, 3.63) is 64.1 Å². The molecular formula is C17H19BrN2O. The van der Waals surface area contributed by atoms with E-state index < -0.39 is 0 Å². The average Bonchev–Trinajstić information content (AvgIpc) is 2.48. The Morgan fingerprint density at radius 3 is 2.62 bits per heavy atom. The Morgan fingerprint density at radius 2 is 1.90 bits per heavy atom. The minimum absolute atomic E-state index is 0.159. The zero-order valence-electron chi connectivity index (χ0n) is 12.0. The van der Waals surface area contributed by atoms with E-state index in [-0.39, 0.29) is 6.03 Å². The number of nitrogens with one attached hydrogen (secondary N) is 2. The van der Waals surface area contributed by atoms with Gasteiger partial charge < -0.3 is 10.6 Å². The molecule has 0 fully saturated rings. The summed E-state index contributed by atoms with van der Waals surface area (Å²) in [5.41, 5.74) is 3.16. The summed E-state index contributed by atoms with van der Waals surface area (Å²) in [4.78, 5) is 11.8. The third-order valence-corrected chi connectivity index (χ3v) is 3.70. The highest BCUT2D eigenvalue weighted by Crippen LogP contribution is 2.19. The van der Waals surface area contributed by atoms with Gasteiger partial charge in [0.15, 0.2) is 0 Å². The largest absolute Gasteiger partial charge is 0.338 e. The van der Waals surface area contributed by atoms with Crippen molar-refractivity contribution in [1.82, 2.24) is 5.32 Å². The lowest BCUT2D eigenvalue weighted by molar-refractivity contribution is 0.252. The fourth-order valence-corrected chi connectivity index (χ4v) is 2.55. The van der Waals surface area contributed by atoms with Gasteiger partial charge in [-0.2, -0.15) is 0 Å². The van der Waals surface area contributed by atoms with E-state index in [1.54, 1.807) is 0 Å². The summed E-state index contributed by atoms with van der Waals surface area (Å²) >= 11 is 3.41. The molecule has 110 valence electrons. The van der Waals surface area contributed by atoms with Crippen LogP contribution in [0.4, 0.5) is 10.5 Å².